The van der Waals surface area contributed by atoms with Crippen LogP contribution in [0, 0.1) is 0 Å². The second-order valence-corrected chi connectivity index (χ2v) is 4.69. The molecule has 3 heteroatoms. The first-order chi connectivity index (χ1) is 9.88. The third kappa shape index (κ3) is 1.89. The van der Waals surface area contributed by atoms with Crippen LogP contribution in [0.4, 0.5) is 0 Å². The highest BCUT2D eigenvalue weighted by Crippen LogP contribution is 2.27. The number of aromatic nitrogens is 2. The Balaban J connectivity index is 1.72. The van der Waals surface area contributed by atoms with Gasteiger partial charge in [-0.3, -0.25) is 4.98 Å². The van der Waals surface area contributed by atoms with E-state index >= 15 is 0 Å². The molecular formula is C17H12N2O. The highest BCUT2D eigenvalue weighted by molar-refractivity contribution is 5.81. The Bertz CT molecular complexity index is 895. The van der Waals surface area contributed by atoms with Gasteiger partial charge in [-0.05, 0) is 42.5 Å². The van der Waals surface area contributed by atoms with Crippen molar-refractivity contribution >= 4 is 21.8 Å². The van der Waals surface area contributed by atoms with Crippen molar-refractivity contribution in [3.63, 3.8) is 0 Å². The summed E-state index contributed by atoms with van der Waals surface area (Å²) in [6.07, 6.45) is 3.71. The molecule has 0 aliphatic carbocycles. The average molecular weight is 260 g/mol. The van der Waals surface area contributed by atoms with Crippen molar-refractivity contribution in [3.8, 4) is 11.5 Å². The van der Waals surface area contributed by atoms with Gasteiger partial charge in [0, 0.05) is 34.7 Å². The van der Waals surface area contributed by atoms with Crippen molar-refractivity contribution in [2.45, 2.75) is 0 Å². The number of nitrogens with zero attached hydrogens (tertiary/aromatic N) is 1. The Morgan fingerprint density at radius 3 is 2.75 bits per heavy atom. The van der Waals surface area contributed by atoms with Gasteiger partial charge < -0.3 is 9.72 Å². The maximum Gasteiger partial charge on any atom is 0.129 e. The summed E-state index contributed by atoms with van der Waals surface area (Å²) >= 11 is 0. The average Bonchev–Trinajstić information content (AvgIpc) is 2.95. The molecule has 0 amide bonds. The van der Waals surface area contributed by atoms with E-state index < -0.39 is 0 Å². The summed E-state index contributed by atoms with van der Waals surface area (Å²) in [7, 11) is 0. The number of rotatable bonds is 2. The number of aromatic amines is 1. The molecule has 2 aromatic carbocycles. The quantitative estimate of drug-likeness (QED) is 0.576. The van der Waals surface area contributed by atoms with E-state index in [2.05, 4.69) is 9.97 Å². The van der Waals surface area contributed by atoms with E-state index in [9.17, 15) is 0 Å². The standard InChI is InChI=1S/C17H12N2O/c1-2-12-3-4-15(11-17(12)18-8-1)20-14-5-6-16-13(10-14)7-9-19-16/h1-11,19H. The van der Waals surface area contributed by atoms with E-state index in [1.807, 2.05) is 60.8 Å². The number of hydrogen-bond donors (Lipinski definition) is 1. The molecule has 2 heterocycles. The van der Waals surface area contributed by atoms with Crippen molar-refractivity contribution in [2.75, 3.05) is 0 Å². The second kappa shape index (κ2) is 4.38. The van der Waals surface area contributed by atoms with Crippen LogP contribution in [-0.4, -0.2) is 9.97 Å². The Morgan fingerprint density at radius 1 is 0.850 bits per heavy atom. The van der Waals surface area contributed by atoms with Gasteiger partial charge >= 0.3 is 0 Å². The minimum Gasteiger partial charge on any atom is -0.457 e. The lowest BCUT2D eigenvalue weighted by molar-refractivity contribution is 0.484. The fourth-order valence-electron chi connectivity index (χ4n) is 2.34. The molecule has 0 aliphatic heterocycles. The summed E-state index contributed by atoms with van der Waals surface area (Å²) in [6.45, 7) is 0. The van der Waals surface area contributed by atoms with Crippen molar-refractivity contribution in [1.82, 2.24) is 9.97 Å². The summed E-state index contributed by atoms with van der Waals surface area (Å²) in [5.74, 6) is 1.62. The van der Waals surface area contributed by atoms with Crippen LogP contribution in [0.15, 0.2) is 67.0 Å². The molecule has 0 bridgehead atoms. The predicted molar refractivity (Wildman–Crippen MR) is 80.1 cm³/mol. The van der Waals surface area contributed by atoms with E-state index in [0.717, 1.165) is 33.3 Å². The Labute approximate surface area is 115 Å². The molecule has 2 aromatic heterocycles. The van der Waals surface area contributed by atoms with E-state index in [4.69, 9.17) is 4.74 Å². The fourth-order valence-corrected chi connectivity index (χ4v) is 2.34. The minimum atomic E-state index is 0.797. The normalized spacial score (nSPS) is 11.0. The molecule has 0 atom stereocenters. The first kappa shape index (κ1) is 11.1. The molecule has 3 nitrogen and oxygen atoms in total. The summed E-state index contributed by atoms with van der Waals surface area (Å²) in [5, 5.41) is 2.25. The summed E-state index contributed by atoms with van der Waals surface area (Å²) in [4.78, 5) is 7.51. The number of nitrogens with one attached hydrogen (secondary N) is 1. The van der Waals surface area contributed by atoms with Crippen LogP contribution in [0.3, 0.4) is 0 Å². The van der Waals surface area contributed by atoms with E-state index in [-0.39, 0.29) is 0 Å². The van der Waals surface area contributed by atoms with E-state index in [1.165, 1.54) is 0 Å². The van der Waals surface area contributed by atoms with Crippen LogP contribution in [-0.2, 0) is 0 Å². The van der Waals surface area contributed by atoms with Crippen LogP contribution in [0.5, 0.6) is 11.5 Å². The Morgan fingerprint density at radius 2 is 1.75 bits per heavy atom. The molecule has 4 rings (SSSR count). The molecule has 20 heavy (non-hydrogen) atoms. The van der Waals surface area contributed by atoms with Crippen LogP contribution in [0.1, 0.15) is 0 Å². The highest BCUT2D eigenvalue weighted by atomic mass is 16.5. The van der Waals surface area contributed by atoms with Gasteiger partial charge in [-0.25, -0.2) is 0 Å². The predicted octanol–water partition coefficient (Wildman–Crippen LogP) is 4.51. The van der Waals surface area contributed by atoms with Gasteiger partial charge in [0.2, 0.25) is 0 Å². The zero-order chi connectivity index (χ0) is 13.4. The lowest BCUT2D eigenvalue weighted by atomic mass is 10.2. The molecule has 0 saturated carbocycles. The lowest BCUT2D eigenvalue weighted by Crippen LogP contribution is -1.85. The molecular weight excluding hydrogens is 248 g/mol. The molecule has 0 unspecified atom stereocenters. The molecule has 96 valence electrons. The maximum atomic E-state index is 5.91. The molecule has 0 saturated heterocycles. The van der Waals surface area contributed by atoms with Crippen molar-refractivity contribution in [1.29, 1.82) is 0 Å². The topological polar surface area (TPSA) is 37.9 Å². The van der Waals surface area contributed by atoms with Crippen LogP contribution in [0.2, 0.25) is 0 Å². The number of ether oxygens (including phenoxy) is 1. The van der Waals surface area contributed by atoms with Gasteiger partial charge in [0.25, 0.3) is 0 Å². The molecule has 4 aromatic rings. The number of hydrogen-bond acceptors (Lipinski definition) is 2. The lowest BCUT2D eigenvalue weighted by Gasteiger charge is -2.06. The third-order valence-electron chi connectivity index (χ3n) is 3.34. The number of pyridine rings is 1. The number of fused-ring (bicyclic) bond motifs is 2. The van der Waals surface area contributed by atoms with Crippen molar-refractivity contribution < 1.29 is 4.74 Å². The van der Waals surface area contributed by atoms with Crippen molar-refractivity contribution in [3.05, 3.63) is 67.0 Å². The largest absolute Gasteiger partial charge is 0.457 e. The summed E-state index contributed by atoms with van der Waals surface area (Å²) < 4.78 is 5.91. The SMILES string of the molecule is c1cnc2cc(Oc3ccc4[nH]ccc4c3)ccc2c1. The van der Waals surface area contributed by atoms with Crippen LogP contribution >= 0.6 is 0 Å². The molecule has 0 radical (unpaired) electrons. The fraction of sp³-hybridized carbons (Fsp3) is 0. The summed E-state index contributed by atoms with van der Waals surface area (Å²) in [6, 6.07) is 17.9. The van der Waals surface area contributed by atoms with Gasteiger partial charge in [0.05, 0.1) is 5.52 Å². The highest BCUT2D eigenvalue weighted by Gasteiger charge is 2.02. The third-order valence-corrected chi connectivity index (χ3v) is 3.34. The van der Waals surface area contributed by atoms with Gasteiger partial charge in [-0.15, -0.1) is 0 Å². The molecule has 0 fully saturated rings. The smallest absolute Gasteiger partial charge is 0.129 e. The molecule has 1 N–H and O–H groups in total. The zero-order valence-corrected chi connectivity index (χ0v) is 10.7. The maximum absolute atomic E-state index is 5.91. The van der Waals surface area contributed by atoms with E-state index in [0.29, 0.717) is 0 Å². The zero-order valence-electron chi connectivity index (χ0n) is 10.7. The number of H-pyrrole nitrogens is 1. The summed E-state index contributed by atoms with van der Waals surface area (Å²) in [5.41, 5.74) is 2.05. The first-order valence-electron chi connectivity index (χ1n) is 6.48. The first-order valence-corrected chi connectivity index (χ1v) is 6.48. The second-order valence-electron chi connectivity index (χ2n) is 4.69. The Hall–Kier alpha value is -2.81. The van der Waals surface area contributed by atoms with Crippen LogP contribution in [0.25, 0.3) is 21.8 Å². The van der Waals surface area contributed by atoms with Gasteiger partial charge in [0.15, 0.2) is 0 Å². The molecule has 0 aliphatic rings. The van der Waals surface area contributed by atoms with Crippen LogP contribution < -0.4 is 4.74 Å². The van der Waals surface area contributed by atoms with E-state index in [1.54, 1.807) is 6.20 Å². The van der Waals surface area contributed by atoms with Crippen molar-refractivity contribution in [2.24, 2.45) is 0 Å². The minimum absolute atomic E-state index is 0.797. The molecule has 0 spiro atoms. The Kier molecular flexibility index (Phi) is 2.42. The van der Waals surface area contributed by atoms with Gasteiger partial charge in [-0.1, -0.05) is 6.07 Å². The van der Waals surface area contributed by atoms with Gasteiger partial charge in [0.1, 0.15) is 11.5 Å². The monoisotopic (exact) mass is 260 g/mol. The number of benzene rings is 2. The van der Waals surface area contributed by atoms with Gasteiger partial charge in [-0.2, -0.15) is 0 Å².